The molecule has 2 aromatic heterocycles. The third kappa shape index (κ3) is 3.35. The number of pyridine rings is 1. The Labute approximate surface area is 165 Å². The fraction of sp³-hybridized carbons (Fsp3) is 0.273. The average molecular weight is 377 g/mol. The van der Waals surface area contributed by atoms with Gasteiger partial charge in [-0.2, -0.15) is 0 Å². The van der Waals surface area contributed by atoms with Crippen LogP contribution in [0.1, 0.15) is 35.3 Å². The first-order chi connectivity index (χ1) is 13.2. The first-order valence-electron chi connectivity index (χ1n) is 9.40. The van der Waals surface area contributed by atoms with Crippen LogP contribution in [0.5, 0.6) is 0 Å². The number of fused-ring (bicyclic) bond motifs is 1. The quantitative estimate of drug-likeness (QED) is 0.680. The minimum Gasteiger partial charge on any atom is -0.348 e. The van der Waals surface area contributed by atoms with Gasteiger partial charge in [0.25, 0.3) is 0 Å². The lowest BCUT2D eigenvalue weighted by Crippen LogP contribution is -2.44. The minimum absolute atomic E-state index is 0.0662. The highest BCUT2D eigenvalue weighted by Crippen LogP contribution is 2.33. The summed E-state index contributed by atoms with van der Waals surface area (Å²) in [5, 5.41) is 4.31. The summed E-state index contributed by atoms with van der Waals surface area (Å²) in [7, 11) is 0. The molecule has 0 spiro atoms. The summed E-state index contributed by atoms with van der Waals surface area (Å²) in [4.78, 5) is 6.62. The number of anilines is 1. The normalized spacial score (nSPS) is 16.1. The van der Waals surface area contributed by atoms with Crippen molar-refractivity contribution in [2.45, 2.75) is 32.9 Å². The second-order valence-corrected chi connectivity index (χ2v) is 7.29. The zero-order chi connectivity index (χ0) is 18.8. The summed E-state index contributed by atoms with van der Waals surface area (Å²) in [5.74, 6) is 0. The van der Waals surface area contributed by atoms with E-state index in [0.717, 1.165) is 35.9 Å². The molecule has 0 saturated heterocycles. The lowest BCUT2D eigenvalue weighted by atomic mass is 10.0. The molecular weight excluding hydrogens is 352 g/mol. The number of benzene rings is 1. The van der Waals surface area contributed by atoms with Crippen LogP contribution in [0.15, 0.2) is 61.1 Å². The summed E-state index contributed by atoms with van der Waals surface area (Å²) in [6.45, 7) is 6.09. The van der Waals surface area contributed by atoms with Gasteiger partial charge < -0.3 is 14.8 Å². The van der Waals surface area contributed by atoms with Crippen molar-refractivity contribution in [2.24, 2.45) is 0 Å². The third-order valence-electron chi connectivity index (χ3n) is 5.27. The van der Waals surface area contributed by atoms with E-state index in [-0.39, 0.29) is 6.04 Å². The number of thiocarbonyl (C=S) groups is 1. The van der Waals surface area contributed by atoms with Crippen LogP contribution in [0.3, 0.4) is 0 Å². The SMILES string of the molecule is CCc1cccc(C)c1NC(=S)N1CCn2cccc2C1c1cccnc1. The van der Waals surface area contributed by atoms with E-state index in [1.165, 1.54) is 16.8 Å². The summed E-state index contributed by atoms with van der Waals surface area (Å²) >= 11 is 5.89. The van der Waals surface area contributed by atoms with E-state index in [1.54, 1.807) is 0 Å². The van der Waals surface area contributed by atoms with Gasteiger partial charge in [-0.3, -0.25) is 4.98 Å². The summed E-state index contributed by atoms with van der Waals surface area (Å²) in [5.41, 5.74) is 6.04. The maximum absolute atomic E-state index is 5.89. The van der Waals surface area contributed by atoms with Crippen LogP contribution >= 0.6 is 12.2 Å². The van der Waals surface area contributed by atoms with Gasteiger partial charge in [-0.05, 0) is 60.5 Å². The van der Waals surface area contributed by atoms with Gasteiger partial charge in [0, 0.05) is 43.1 Å². The first kappa shape index (κ1) is 17.7. The van der Waals surface area contributed by atoms with Crippen molar-refractivity contribution < 1.29 is 0 Å². The zero-order valence-corrected chi connectivity index (χ0v) is 16.5. The summed E-state index contributed by atoms with van der Waals surface area (Å²) in [6.07, 6.45) is 6.87. The molecule has 138 valence electrons. The van der Waals surface area contributed by atoms with Gasteiger partial charge in [0.2, 0.25) is 0 Å². The number of rotatable bonds is 3. The average Bonchev–Trinajstić information content (AvgIpc) is 3.18. The second kappa shape index (κ2) is 7.53. The fourth-order valence-corrected chi connectivity index (χ4v) is 4.17. The Morgan fingerprint density at radius 3 is 2.85 bits per heavy atom. The standard InChI is InChI=1S/C22H24N4S/c1-3-17-8-4-7-16(2)20(17)24-22(27)26-14-13-25-12-6-10-19(25)21(26)18-9-5-11-23-15-18/h4-12,15,21H,3,13-14H2,1-2H3,(H,24,27). The number of para-hydroxylation sites is 1. The van der Waals surface area contributed by atoms with E-state index in [9.17, 15) is 0 Å². The lowest BCUT2D eigenvalue weighted by molar-refractivity contribution is 0.293. The Bertz CT molecular complexity index is 948. The number of nitrogens with one attached hydrogen (secondary N) is 1. The Kier molecular flexibility index (Phi) is 4.94. The predicted octanol–water partition coefficient (Wildman–Crippen LogP) is 4.56. The maximum atomic E-state index is 5.89. The molecule has 1 aliphatic heterocycles. The van der Waals surface area contributed by atoms with Crippen LogP contribution in [0, 0.1) is 6.92 Å². The van der Waals surface area contributed by atoms with E-state index in [0.29, 0.717) is 0 Å². The predicted molar refractivity (Wildman–Crippen MR) is 114 cm³/mol. The van der Waals surface area contributed by atoms with Crippen LogP contribution in [0.4, 0.5) is 5.69 Å². The molecule has 5 heteroatoms. The minimum atomic E-state index is 0.0662. The molecule has 1 atom stereocenters. The highest BCUT2D eigenvalue weighted by molar-refractivity contribution is 7.80. The van der Waals surface area contributed by atoms with E-state index in [4.69, 9.17) is 12.2 Å². The Balaban J connectivity index is 1.69. The molecule has 0 saturated carbocycles. The number of aromatic nitrogens is 2. The molecule has 1 unspecified atom stereocenters. The molecule has 0 bridgehead atoms. The molecule has 1 aliphatic rings. The number of hydrogen-bond acceptors (Lipinski definition) is 2. The van der Waals surface area contributed by atoms with E-state index in [1.807, 2.05) is 18.5 Å². The van der Waals surface area contributed by atoms with Crippen LogP contribution < -0.4 is 5.32 Å². The van der Waals surface area contributed by atoms with Crippen LogP contribution in [-0.4, -0.2) is 26.1 Å². The third-order valence-corrected chi connectivity index (χ3v) is 5.61. The Morgan fingerprint density at radius 1 is 1.19 bits per heavy atom. The topological polar surface area (TPSA) is 33.1 Å². The summed E-state index contributed by atoms with van der Waals surface area (Å²) in [6, 6.07) is 14.9. The molecule has 0 amide bonds. The van der Waals surface area contributed by atoms with Gasteiger partial charge in [-0.25, -0.2) is 0 Å². The molecule has 3 aromatic rings. The van der Waals surface area contributed by atoms with Crippen molar-refractivity contribution in [2.75, 3.05) is 11.9 Å². The largest absolute Gasteiger partial charge is 0.348 e. The first-order valence-corrected chi connectivity index (χ1v) is 9.81. The molecule has 1 N–H and O–H groups in total. The lowest BCUT2D eigenvalue weighted by Gasteiger charge is -2.39. The van der Waals surface area contributed by atoms with Crippen LogP contribution in [-0.2, 0) is 13.0 Å². The number of nitrogens with zero attached hydrogens (tertiary/aromatic N) is 3. The monoisotopic (exact) mass is 376 g/mol. The van der Waals surface area contributed by atoms with Crippen molar-refractivity contribution in [1.29, 1.82) is 0 Å². The second-order valence-electron chi connectivity index (χ2n) is 6.90. The fourth-order valence-electron chi connectivity index (χ4n) is 3.87. The maximum Gasteiger partial charge on any atom is 0.174 e. The molecule has 4 nitrogen and oxygen atoms in total. The van der Waals surface area contributed by atoms with Crippen molar-refractivity contribution in [1.82, 2.24) is 14.5 Å². The van der Waals surface area contributed by atoms with Crippen molar-refractivity contribution >= 4 is 23.0 Å². The highest BCUT2D eigenvalue weighted by Gasteiger charge is 2.30. The van der Waals surface area contributed by atoms with Gasteiger partial charge >= 0.3 is 0 Å². The highest BCUT2D eigenvalue weighted by atomic mass is 32.1. The Hall–Kier alpha value is -2.66. The number of hydrogen-bond donors (Lipinski definition) is 1. The molecule has 0 radical (unpaired) electrons. The van der Waals surface area contributed by atoms with Crippen molar-refractivity contribution in [3.8, 4) is 0 Å². The molecule has 0 aliphatic carbocycles. The van der Waals surface area contributed by atoms with Gasteiger partial charge in [0.1, 0.15) is 0 Å². The van der Waals surface area contributed by atoms with E-state index >= 15 is 0 Å². The van der Waals surface area contributed by atoms with Crippen LogP contribution in [0.2, 0.25) is 0 Å². The summed E-state index contributed by atoms with van der Waals surface area (Å²) < 4.78 is 2.31. The number of aryl methyl sites for hydroxylation is 2. The van der Waals surface area contributed by atoms with Crippen LogP contribution in [0.25, 0.3) is 0 Å². The smallest absolute Gasteiger partial charge is 0.174 e. The van der Waals surface area contributed by atoms with Gasteiger partial charge in [0.15, 0.2) is 5.11 Å². The molecule has 4 rings (SSSR count). The van der Waals surface area contributed by atoms with E-state index < -0.39 is 0 Å². The van der Waals surface area contributed by atoms with Crippen molar-refractivity contribution in [3.63, 3.8) is 0 Å². The van der Waals surface area contributed by atoms with Crippen molar-refractivity contribution in [3.05, 3.63) is 83.4 Å². The van der Waals surface area contributed by atoms with Gasteiger partial charge in [0.05, 0.1) is 6.04 Å². The molecular formula is C22H24N4S. The van der Waals surface area contributed by atoms with Gasteiger partial charge in [-0.15, -0.1) is 0 Å². The molecule has 27 heavy (non-hydrogen) atoms. The molecule has 1 aromatic carbocycles. The zero-order valence-electron chi connectivity index (χ0n) is 15.7. The molecule has 0 fully saturated rings. The molecule has 3 heterocycles. The van der Waals surface area contributed by atoms with Gasteiger partial charge in [-0.1, -0.05) is 31.2 Å². The Morgan fingerprint density at radius 2 is 2.07 bits per heavy atom. The van der Waals surface area contributed by atoms with E-state index in [2.05, 4.69) is 76.2 Å².